The van der Waals surface area contributed by atoms with E-state index in [0.29, 0.717) is 24.3 Å². The third kappa shape index (κ3) is 7.87. The van der Waals surface area contributed by atoms with Gasteiger partial charge in [-0.1, -0.05) is 13.8 Å². The number of carbonyl (C=O) groups is 2. The number of nitrogens with zero attached hydrogens (tertiary/aromatic N) is 2. The van der Waals surface area contributed by atoms with Crippen molar-refractivity contribution in [3.63, 3.8) is 0 Å². The maximum Gasteiger partial charge on any atom is 0.416 e. The molecule has 44 heavy (non-hydrogen) atoms. The normalized spacial score (nSPS) is 17.4. The van der Waals surface area contributed by atoms with Gasteiger partial charge in [-0.15, -0.1) is 0 Å². The topological polar surface area (TPSA) is 68.3 Å². The van der Waals surface area contributed by atoms with Crippen LogP contribution in [0.15, 0.2) is 36.4 Å². The Morgan fingerprint density at radius 1 is 0.864 bits per heavy atom. The van der Waals surface area contributed by atoms with Crippen LogP contribution >= 0.6 is 0 Å². The maximum atomic E-state index is 13.8. The van der Waals surface area contributed by atoms with Gasteiger partial charge >= 0.3 is 30.7 Å². The number of amides is 2. The number of carbonyl (C=O) groups excluding carboxylic acids is 2. The Hall–Kier alpha value is -3.69. The van der Waals surface area contributed by atoms with Crippen LogP contribution in [0.3, 0.4) is 0 Å². The van der Waals surface area contributed by atoms with E-state index in [0.717, 1.165) is 23.0 Å². The summed E-state index contributed by atoms with van der Waals surface area (Å²) in [4.78, 5) is 28.1. The summed E-state index contributed by atoms with van der Waals surface area (Å²) in [7, 11) is 2.26. The van der Waals surface area contributed by atoms with Gasteiger partial charge in [-0.3, -0.25) is 9.80 Å². The molecule has 1 aliphatic rings. The van der Waals surface area contributed by atoms with Crippen molar-refractivity contribution in [3.8, 4) is 0 Å². The fourth-order valence-electron chi connectivity index (χ4n) is 4.96. The summed E-state index contributed by atoms with van der Waals surface area (Å²) in [6.07, 6.45) is -17.7. The van der Waals surface area contributed by atoms with Crippen molar-refractivity contribution in [2.45, 2.75) is 57.4 Å². The zero-order valence-corrected chi connectivity index (χ0v) is 23.9. The van der Waals surface area contributed by atoms with Crippen LogP contribution in [0.4, 0.5) is 54.8 Å². The summed E-state index contributed by atoms with van der Waals surface area (Å²) < 4.78 is 138. The smallest absolute Gasteiger partial charge is 0.416 e. The van der Waals surface area contributed by atoms with E-state index in [2.05, 4.69) is 0 Å². The van der Waals surface area contributed by atoms with Gasteiger partial charge in [-0.05, 0) is 59.9 Å². The van der Waals surface area contributed by atoms with E-state index in [-0.39, 0.29) is 37.0 Å². The molecular weight excluding hydrogens is 615 g/mol. The van der Waals surface area contributed by atoms with Gasteiger partial charge in [0.1, 0.15) is 6.61 Å². The summed E-state index contributed by atoms with van der Waals surface area (Å²) >= 11 is 0. The molecule has 0 spiro atoms. The van der Waals surface area contributed by atoms with Crippen molar-refractivity contribution in [3.05, 3.63) is 64.2 Å². The molecule has 0 fully saturated rings. The van der Waals surface area contributed by atoms with E-state index < -0.39 is 77.5 Å². The lowest BCUT2D eigenvalue weighted by atomic mass is 9.84. The van der Waals surface area contributed by atoms with Crippen LogP contribution < -0.4 is 4.90 Å². The Balaban J connectivity index is 2.23. The average Bonchev–Trinajstić information content (AvgIpc) is 2.92. The molecule has 0 N–H and O–H groups in total. The number of hydrogen-bond acceptors (Lipinski definition) is 5. The molecule has 16 heteroatoms. The number of methoxy groups -OCH3 is 2. The first kappa shape index (κ1) is 34.8. The number of hydrogen-bond donors (Lipinski definition) is 0. The number of fused-ring (bicyclic) bond motifs is 1. The Morgan fingerprint density at radius 3 is 1.91 bits per heavy atom. The lowest BCUT2D eigenvalue weighted by Gasteiger charge is -2.45. The molecule has 244 valence electrons. The molecule has 0 saturated heterocycles. The minimum absolute atomic E-state index is 0.0153. The number of anilines is 1. The molecule has 2 atom stereocenters. The average molecular weight is 645 g/mol. The monoisotopic (exact) mass is 644 g/mol. The molecule has 1 aliphatic heterocycles. The highest BCUT2D eigenvalue weighted by Crippen LogP contribution is 2.46. The number of alkyl halides is 9. The zero-order chi connectivity index (χ0) is 33.2. The van der Waals surface area contributed by atoms with Gasteiger partial charge in [0.15, 0.2) is 0 Å². The van der Waals surface area contributed by atoms with Crippen LogP contribution in [-0.4, -0.2) is 50.6 Å². The van der Waals surface area contributed by atoms with Crippen LogP contribution in [0.2, 0.25) is 0 Å². The fraction of sp³-hybridized carbons (Fsp3) is 0.500. The van der Waals surface area contributed by atoms with Crippen molar-refractivity contribution in [2.24, 2.45) is 5.92 Å². The largest absolute Gasteiger partial charge is 0.453 e. The quantitative estimate of drug-likeness (QED) is 0.225. The van der Waals surface area contributed by atoms with Gasteiger partial charge < -0.3 is 14.2 Å². The fourth-order valence-corrected chi connectivity index (χ4v) is 4.96. The van der Waals surface area contributed by atoms with E-state index in [4.69, 9.17) is 14.2 Å². The zero-order valence-electron chi connectivity index (χ0n) is 23.9. The van der Waals surface area contributed by atoms with Gasteiger partial charge in [-0.2, -0.15) is 39.5 Å². The summed E-state index contributed by atoms with van der Waals surface area (Å²) in [6, 6.07) is 0.922. The van der Waals surface area contributed by atoms with Crippen LogP contribution in [0.5, 0.6) is 0 Å². The molecule has 0 radical (unpaired) electrons. The Bertz CT molecular complexity index is 1310. The molecule has 3 rings (SSSR count). The predicted molar refractivity (Wildman–Crippen MR) is 138 cm³/mol. The van der Waals surface area contributed by atoms with Crippen LogP contribution in [0.1, 0.15) is 54.1 Å². The first-order valence-corrected chi connectivity index (χ1v) is 13.1. The van der Waals surface area contributed by atoms with E-state index in [1.807, 2.05) is 0 Å². The maximum absolute atomic E-state index is 13.8. The minimum Gasteiger partial charge on any atom is -0.453 e. The summed E-state index contributed by atoms with van der Waals surface area (Å²) in [5.41, 5.74) is -5.38. The van der Waals surface area contributed by atoms with Gasteiger partial charge in [0.05, 0.1) is 42.1 Å². The van der Waals surface area contributed by atoms with Crippen molar-refractivity contribution in [2.75, 3.05) is 32.3 Å². The van der Waals surface area contributed by atoms with Crippen LogP contribution in [-0.2, 0) is 39.3 Å². The second-order valence-corrected chi connectivity index (χ2v) is 10.3. The van der Waals surface area contributed by atoms with Crippen LogP contribution in [0.25, 0.3) is 0 Å². The molecule has 2 aromatic rings. The van der Waals surface area contributed by atoms with E-state index in [9.17, 15) is 49.1 Å². The predicted octanol–water partition coefficient (Wildman–Crippen LogP) is 8.07. The Labute approximate surface area is 246 Å². The van der Waals surface area contributed by atoms with E-state index in [1.165, 1.54) is 7.11 Å². The van der Waals surface area contributed by atoms with Crippen molar-refractivity contribution >= 4 is 17.9 Å². The van der Waals surface area contributed by atoms with Gasteiger partial charge in [-0.25, -0.2) is 9.59 Å². The Kier molecular flexibility index (Phi) is 10.4. The molecular formula is C28H29F9N2O5. The third-order valence-corrected chi connectivity index (χ3v) is 7.03. The molecule has 0 bridgehead atoms. The molecule has 2 unspecified atom stereocenters. The van der Waals surface area contributed by atoms with Crippen molar-refractivity contribution < 1.29 is 63.3 Å². The number of halogens is 9. The summed E-state index contributed by atoms with van der Waals surface area (Å²) in [5, 5.41) is 0. The molecule has 0 aromatic heterocycles. The molecule has 1 heterocycles. The number of ether oxygens (including phenoxy) is 3. The molecule has 7 nitrogen and oxygen atoms in total. The summed E-state index contributed by atoms with van der Waals surface area (Å²) in [5.74, 6) is -0.409. The lowest BCUT2D eigenvalue weighted by molar-refractivity contribution is -0.143. The number of rotatable bonds is 7. The highest BCUT2D eigenvalue weighted by Gasteiger charge is 2.44. The molecule has 0 saturated carbocycles. The number of benzene rings is 2. The minimum atomic E-state index is -5.18. The van der Waals surface area contributed by atoms with Gasteiger partial charge in [0.25, 0.3) is 0 Å². The molecule has 0 aliphatic carbocycles. The third-order valence-electron chi connectivity index (χ3n) is 7.03. The highest BCUT2D eigenvalue weighted by molar-refractivity contribution is 5.90. The van der Waals surface area contributed by atoms with Gasteiger partial charge in [0.2, 0.25) is 0 Å². The summed E-state index contributed by atoms with van der Waals surface area (Å²) in [6.45, 7) is 2.28. The van der Waals surface area contributed by atoms with Gasteiger partial charge in [0, 0.05) is 19.7 Å². The Morgan fingerprint density at radius 2 is 1.43 bits per heavy atom. The van der Waals surface area contributed by atoms with E-state index >= 15 is 0 Å². The first-order chi connectivity index (χ1) is 20.3. The lowest BCUT2D eigenvalue weighted by Crippen LogP contribution is -2.51. The highest BCUT2D eigenvalue weighted by atomic mass is 19.4. The SMILES string of the molecule is COCCOC(=O)N1c2ccc(C(F)(F)F)cc2C(N(Cc2cc(C(F)(F)F)cc(C(F)(F)F)c2)C(=O)OC)CC1C(C)C. The first-order valence-electron chi connectivity index (χ1n) is 13.1. The van der Waals surface area contributed by atoms with E-state index in [1.54, 1.807) is 13.8 Å². The van der Waals surface area contributed by atoms with Crippen LogP contribution in [0, 0.1) is 5.92 Å². The second kappa shape index (κ2) is 13.1. The molecule has 2 amide bonds. The second-order valence-electron chi connectivity index (χ2n) is 10.3. The standard InChI is InChI=1S/C28H29F9N2O5/c1-15(2)22-13-23(20-12-17(26(29,30)31)5-6-21(20)39(22)25(41)44-8-7-42-3)38(24(40)43-4)14-16-9-18(27(32,33)34)11-19(10-16)28(35,36)37/h5-6,9-12,15,22-23H,7-8,13-14H2,1-4H3. The van der Waals surface area contributed by atoms with Crippen molar-refractivity contribution in [1.82, 2.24) is 4.90 Å². The molecule has 2 aromatic carbocycles. The van der Waals surface area contributed by atoms with Crippen molar-refractivity contribution in [1.29, 1.82) is 0 Å².